The quantitative estimate of drug-likeness (QED) is 0.0187. The van der Waals surface area contributed by atoms with Gasteiger partial charge in [-0.25, -0.2) is 4.79 Å². The summed E-state index contributed by atoms with van der Waals surface area (Å²) in [5.74, 6) is -5.26. The maximum Gasteiger partial charge on any atom is 0.408 e. The average molecular weight is 1090 g/mol. The highest BCUT2D eigenvalue weighted by molar-refractivity contribution is 5.98. The summed E-state index contributed by atoms with van der Waals surface area (Å²) >= 11 is 0. The van der Waals surface area contributed by atoms with E-state index in [2.05, 4.69) is 52.2 Å². The minimum absolute atomic E-state index is 0.0444. The third kappa shape index (κ3) is 19.5. The summed E-state index contributed by atoms with van der Waals surface area (Å²) in [4.78, 5) is 122. The van der Waals surface area contributed by atoms with Gasteiger partial charge in [-0.2, -0.15) is 0 Å². The molecular weight excluding hydrogens is 1010 g/mol. The monoisotopic (exact) mass is 1090 g/mol. The van der Waals surface area contributed by atoms with E-state index in [0.717, 1.165) is 28.2 Å². The van der Waals surface area contributed by atoms with Gasteiger partial charge in [0.15, 0.2) is 5.96 Å². The Kier molecular flexibility index (Phi) is 22.8. The van der Waals surface area contributed by atoms with Crippen LogP contribution in [0.1, 0.15) is 104 Å². The number of guanidine groups is 1. The Bertz CT molecular complexity index is 2910. The van der Waals surface area contributed by atoms with E-state index in [9.17, 15) is 38.4 Å². The first kappa shape index (κ1) is 61.4. The zero-order valence-corrected chi connectivity index (χ0v) is 46.2. The molecule has 3 aromatic carbocycles. The fourth-order valence-corrected chi connectivity index (χ4v) is 8.90. The first-order chi connectivity index (χ1) is 37.5. The molecule has 5 aromatic rings. The Morgan fingerprint density at radius 1 is 0.544 bits per heavy atom. The van der Waals surface area contributed by atoms with Gasteiger partial charge < -0.3 is 69.1 Å². The number of aliphatic imine (C=N–C) groups is 1. The number of aromatic amines is 2. The number of unbranched alkanes of at least 4 members (excludes halogenated alkanes) is 1. The number of carbonyl (C=O) groups excluding carboxylic acids is 8. The molecule has 0 radical (unpaired) electrons. The second kappa shape index (κ2) is 29.4. The third-order valence-corrected chi connectivity index (χ3v) is 12.9. The van der Waals surface area contributed by atoms with Crippen LogP contribution in [0.4, 0.5) is 4.79 Å². The number of hydrogen-bond donors (Lipinski definition) is 12. The largest absolute Gasteiger partial charge is 0.444 e. The van der Waals surface area contributed by atoms with Crippen molar-refractivity contribution in [3.05, 3.63) is 108 Å². The number of amides is 8. The lowest BCUT2D eigenvalue weighted by molar-refractivity contribution is -0.135. The summed E-state index contributed by atoms with van der Waals surface area (Å²) in [5, 5.41) is 20.9. The van der Waals surface area contributed by atoms with Gasteiger partial charge in [0, 0.05) is 60.0 Å². The summed E-state index contributed by atoms with van der Waals surface area (Å²) in [6.45, 7) is 12.3. The van der Waals surface area contributed by atoms with Crippen molar-refractivity contribution in [2.75, 3.05) is 6.54 Å². The number of aromatic nitrogens is 2. The molecule has 0 fully saturated rings. The van der Waals surface area contributed by atoms with Crippen LogP contribution in [0, 0.1) is 5.92 Å². The number of para-hydroxylation sites is 2. The highest BCUT2D eigenvalue weighted by atomic mass is 16.6. The van der Waals surface area contributed by atoms with Gasteiger partial charge in [0.2, 0.25) is 41.4 Å². The SMILES string of the molecule is CCCC[C@H](NC(=O)[C@H](CC(C)C)NC(=O)[C@@H](Cc1c[nH]c2ccccc12)NC(=O)[C@H](Cc1ccccc1)NC(=O)[C@@H](Cc1c[nH]c2ccccc12)NC(=O)[C@H](C)NC(=O)[C@H](CCCN=C(N)N)NC(=O)OC(C)(C)C)C(N)=O. The van der Waals surface area contributed by atoms with Gasteiger partial charge in [-0.05, 0) is 88.1 Å². The maximum atomic E-state index is 15.0. The van der Waals surface area contributed by atoms with E-state index in [1.54, 1.807) is 63.5 Å². The van der Waals surface area contributed by atoms with Crippen molar-refractivity contribution in [2.45, 2.75) is 154 Å². The van der Waals surface area contributed by atoms with E-state index in [1.165, 1.54) is 6.92 Å². The van der Waals surface area contributed by atoms with E-state index >= 15 is 0 Å². The first-order valence-corrected chi connectivity index (χ1v) is 26.8. The van der Waals surface area contributed by atoms with Crippen molar-refractivity contribution in [1.29, 1.82) is 0 Å². The highest BCUT2D eigenvalue weighted by Gasteiger charge is 2.35. The molecule has 0 spiro atoms. The van der Waals surface area contributed by atoms with E-state index in [0.29, 0.717) is 29.5 Å². The molecule has 2 aromatic heterocycles. The number of rotatable bonds is 29. The number of ether oxygens (including phenoxy) is 1. The van der Waals surface area contributed by atoms with Crippen LogP contribution in [-0.4, -0.2) is 118 Å². The first-order valence-electron chi connectivity index (χ1n) is 26.8. The second-order valence-electron chi connectivity index (χ2n) is 21.2. The molecule has 0 bridgehead atoms. The van der Waals surface area contributed by atoms with Gasteiger partial charge in [0.05, 0.1) is 0 Å². The summed E-state index contributed by atoms with van der Waals surface area (Å²) in [6.07, 6.45) is 4.65. The molecule has 22 nitrogen and oxygen atoms in total. The lowest BCUT2D eigenvalue weighted by atomic mass is 9.99. The molecule has 15 N–H and O–H groups in total. The molecule has 0 aliphatic carbocycles. The Hall–Kier alpha value is -8.43. The zero-order valence-electron chi connectivity index (χ0n) is 46.2. The molecule has 0 unspecified atom stereocenters. The van der Waals surface area contributed by atoms with E-state index < -0.39 is 95.3 Å². The summed E-state index contributed by atoms with van der Waals surface area (Å²) in [5.41, 5.74) is 19.3. The third-order valence-electron chi connectivity index (χ3n) is 12.9. The summed E-state index contributed by atoms with van der Waals surface area (Å²) < 4.78 is 5.39. The number of benzene rings is 3. The molecular formula is C57H79N13O9. The number of nitrogens with two attached hydrogens (primary N) is 3. The minimum Gasteiger partial charge on any atom is -0.444 e. The molecule has 22 heteroatoms. The summed E-state index contributed by atoms with van der Waals surface area (Å²) in [6, 6.07) is 15.2. The molecule has 0 saturated heterocycles. The molecule has 5 rings (SSSR count). The van der Waals surface area contributed by atoms with Crippen molar-refractivity contribution < 1.29 is 43.1 Å². The number of nitrogens with one attached hydrogen (secondary N) is 9. The van der Waals surface area contributed by atoms with Gasteiger partial charge in [0.1, 0.15) is 47.9 Å². The number of H-pyrrole nitrogens is 2. The Morgan fingerprint density at radius 3 is 1.51 bits per heavy atom. The molecule has 8 amide bonds. The molecule has 7 atom stereocenters. The minimum atomic E-state index is -1.35. The molecule has 2 heterocycles. The Labute approximate surface area is 460 Å². The van der Waals surface area contributed by atoms with E-state index in [-0.39, 0.29) is 56.9 Å². The van der Waals surface area contributed by atoms with Crippen LogP contribution < -0.4 is 54.4 Å². The number of alkyl carbamates (subject to hydrolysis) is 1. The van der Waals surface area contributed by atoms with Crippen molar-refractivity contribution in [2.24, 2.45) is 28.1 Å². The average Bonchev–Trinajstić information content (AvgIpc) is 4.07. The number of carbonyl (C=O) groups is 8. The van der Waals surface area contributed by atoms with Crippen LogP contribution >= 0.6 is 0 Å². The van der Waals surface area contributed by atoms with Crippen LogP contribution in [0.15, 0.2) is 96.2 Å². The molecule has 0 aliphatic heterocycles. The Balaban J connectivity index is 1.46. The van der Waals surface area contributed by atoms with Crippen molar-refractivity contribution in [3.8, 4) is 0 Å². The predicted molar refractivity (Wildman–Crippen MR) is 303 cm³/mol. The highest BCUT2D eigenvalue weighted by Crippen LogP contribution is 2.22. The molecule has 0 aliphatic rings. The number of fused-ring (bicyclic) bond motifs is 2. The van der Waals surface area contributed by atoms with E-state index in [4.69, 9.17) is 21.9 Å². The summed E-state index contributed by atoms with van der Waals surface area (Å²) in [7, 11) is 0. The van der Waals surface area contributed by atoms with Crippen molar-refractivity contribution >= 4 is 75.2 Å². The van der Waals surface area contributed by atoms with Crippen LogP contribution in [0.25, 0.3) is 21.8 Å². The van der Waals surface area contributed by atoms with Crippen molar-refractivity contribution in [1.82, 2.24) is 47.2 Å². The van der Waals surface area contributed by atoms with Crippen molar-refractivity contribution in [3.63, 3.8) is 0 Å². The molecule has 0 saturated carbocycles. The van der Waals surface area contributed by atoms with Gasteiger partial charge >= 0.3 is 6.09 Å². The molecule has 79 heavy (non-hydrogen) atoms. The van der Waals surface area contributed by atoms with Gasteiger partial charge in [-0.3, -0.25) is 38.6 Å². The number of nitrogens with zero attached hydrogens (tertiary/aromatic N) is 1. The van der Waals surface area contributed by atoms with Crippen LogP contribution in [-0.2, 0) is 57.6 Å². The normalized spacial score (nSPS) is 14.1. The predicted octanol–water partition coefficient (Wildman–Crippen LogP) is 3.27. The fraction of sp³-hybridized carbons (Fsp3) is 0.456. The maximum absolute atomic E-state index is 15.0. The molecule has 426 valence electrons. The smallest absolute Gasteiger partial charge is 0.408 e. The zero-order chi connectivity index (χ0) is 57.8. The van der Waals surface area contributed by atoms with Crippen LogP contribution in [0.3, 0.4) is 0 Å². The van der Waals surface area contributed by atoms with E-state index in [1.807, 2.05) is 69.3 Å². The topological polar surface area (TPSA) is 352 Å². The number of primary amides is 1. The second-order valence-corrected chi connectivity index (χ2v) is 21.2. The van der Waals surface area contributed by atoms with Crippen LogP contribution in [0.5, 0.6) is 0 Å². The fourth-order valence-electron chi connectivity index (χ4n) is 8.90. The Morgan fingerprint density at radius 2 is 1.00 bits per heavy atom. The standard InChI is InChI=1S/C57H79N13O9/c1-8-9-22-42(48(58)71)65-51(74)44(27-33(2)3)67-54(77)47(30-37-32-63-41-24-16-14-21-39(37)41)69-52(75)45(28-35-18-11-10-12-19-35)68-53(76)46(29-36-31-62-40-23-15-13-20-38(36)40)66-49(72)34(4)64-50(73)43(25-17-26-61-55(59)60)70-56(78)79-57(5,6)7/h10-16,18-21,23-24,31-34,42-47,62-63H,8-9,17,22,25-30H2,1-7H3,(H2,58,71)(H,64,73)(H,65,74)(H,66,72)(H,67,77)(H,68,76)(H,69,75)(H,70,78)(H4,59,60,61)/t34-,42-,43-,44-,45-,46+,47+/m0/s1. The number of hydrogen-bond acceptors (Lipinski definition) is 10. The lowest BCUT2D eigenvalue weighted by Crippen LogP contribution is -2.60. The van der Waals surface area contributed by atoms with Gasteiger partial charge in [0.25, 0.3) is 0 Å². The van der Waals surface area contributed by atoms with Gasteiger partial charge in [-0.15, -0.1) is 0 Å². The lowest BCUT2D eigenvalue weighted by Gasteiger charge is -2.28. The van der Waals surface area contributed by atoms with Crippen LogP contribution in [0.2, 0.25) is 0 Å². The van der Waals surface area contributed by atoms with Gasteiger partial charge in [-0.1, -0.05) is 100 Å².